The number of imidazole rings is 1. The largest absolute Gasteiger partial charge is 0.481 e. The number of aldehydes is 1. The molecule has 0 spiro atoms. The lowest BCUT2D eigenvalue weighted by atomic mass is 10.2. The van der Waals surface area contributed by atoms with Crippen LogP contribution in [-0.4, -0.2) is 20.2 Å². The van der Waals surface area contributed by atoms with Crippen LogP contribution in [0.1, 0.15) is 16.1 Å². The van der Waals surface area contributed by atoms with Gasteiger partial charge in [0.05, 0.1) is 0 Å². The summed E-state index contributed by atoms with van der Waals surface area (Å²) < 4.78 is 8.54. The van der Waals surface area contributed by atoms with E-state index >= 15 is 0 Å². The van der Waals surface area contributed by atoms with Crippen LogP contribution in [0.4, 0.5) is 0 Å². The number of hydrogen-bond acceptors (Lipinski definition) is 4. The van der Waals surface area contributed by atoms with Crippen molar-refractivity contribution in [3.05, 3.63) is 64.3 Å². The van der Waals surface area contributed by atoms with E-state index in [4.69, 9.17) is 4.74 Å². The van der Waals surface area contributed by atoms with E-state index in [1.54, 1.807) is 24.0 Å². The molecule has 0 aliphatic carbocycles. The maximum absolute atomic E-state index is 12.4. The number of carbonyl (C=O) groups excluding carboxylic acids is 1. The predicted octanol–water partition coefficient (Wildman–Crippen LogP) is 1.42. The Morgan fingerprint density at radius 3 is 2.71 bits per heavy atom. The van der Waals surface area contributed by atoms with Gasteiger partial charge in [0, 0.05) is 19.4 Å². The number of carbonyl (C=O) groups is 1. The third-order valence-electron chi connectivity index (χ3n) is 3.17. The molecule has 3 rings (SSSR count). The van der Waals surface area contributed by atoms with Crippen LogP contribution >= 0.6 is 0 Å². The monoisotopic (exact) mass is 283 g/mol. The highest BCUT2D eigenvalue weighted by atomic mass is 16.5. The zero-order valence-electron chi connectivity index (χ0n) is 11.4. The first-order valence-corrected chi connectivity index (χ1v) is 6.40. The zero-order valence-corrected chi connectivity index (χ0v) is 11.4. The van der Waals surface area contributed by atoms with Gasteiger partial charge >= 0.3 is 5.56 Å². The number of hydrogen-bond donors (Lipinski definition) is 0. The van der Waals surface area contributed by atoms with Crippen molar-refractivity contribution in [3.8, 4) is 5.75 Å². The smallest absolute Gasteiger partial charge is 0.302 e. The summed E-state index contributed by atoms with van der Waals surface area (Å²) in [6, 6.07) is 9.42. The molecule has 0 N–H and O–H groups in total. The van der Waals surface area contributed by atoms with Crippen LogP contribution in [0.3, 0.4) is 0 Å². The number of rotatable bonds is 4. The number of aromatic nitrogens is 3. The van der Waals surface area contributed by atoms with E-state index in [2.05, 4.69) is 4.98 Å². The van der Waals surface area contributed by atoms with E-state index < -0.39 is 5.56 Å². The fraction of sp³-hybridized carbons (Fsp3) is 0.133. The zero-order chi connectivity index (χ0) is 14.8. The SMILES string of the molecule is Cn1ccn2c(=O)c(OCc3ccccc3)c(C=O)nc12. The second-order valence-corrected chi connectivity index (χ2v) is 4.60. The molecule has 6 heteroatoms. The standard InChI is InChI=1S/C15H13N3O3/c1-17-7-8-18-14(20)13(12(9-19)16-15(17)18)21-10-11-5-3-2-4-6-11/h2-9H,10H2,1H3. The maximum Gasteiger partial charge on any atom is 0.302 e. The van der Waals surface area contributed by atoms with Crippen molar-refractivity contribution in [2.24, 2.45) is 7.05 Å². The quantitative estimate of drug-likeness (QED) is 0.679. The molecule has 0 amide bonds. The first kappa shape index (κ1) is 13.1. The van der Waals surface area contributed by atoms with Gasteiger partial charge < -0.3 is 9.30 Å². The van der Waals surface area contributed by atoms with Crippen molar-refractivity contribution >= 4 is 12.1 Å². The fourth-order valence-electron chi connectivity index (χ4n) is 2.08. The van der Waals surface area contributed by atoms with Gasteiger partial charge in [0.2, 0.25) is 11.5 Å². The molecule has 3 aromatic rings. The van der Waals surface area contributed by atoms with Gasteiger partial charge in [0.15, 0.2) is 12.0 Å². The summed E-state index contributed by atoms with van der Waals surface area (Å²) in [5.41, 5.74) is 0.531. The van der Waals surface area contributed by atoms with Crippen molar-refractivity contribution in [2.45, 2.75) is 6.61 Å². The van der Waals surface area contributed by atoms with E-state index in [1.165, 1.54) is 4.40 Å². The molecule has 0 radical (unpaired) electrons. The van der Waals surface area contributed by atoms with Crippen molar-refractivity contribution in [2.75, 3.05) is 0 Å². The Balaban J connectivity index is 2.03. The summed E-state index contributed by atoms with van der Waals surface area (Å²) >= 11 is 0. The highest BCUT2D eigenvalue weighted by molar-refractivity contribution is 5.76. The van der Waals surface area contributed by atoms with Gasteiger partial charge in [-0.25, -0.2) is 9.38 Å². The Hall–Kier alpha value is -2.89. The fourth-order valence-corrected chi connectivity index (χ4v) is 2.08. The molecule has 0 aliphatic heterocycles. The minimum Gasteiger partial charge on any atom is -0.481 e. The lowest BCUT2D eigenvalue weighted by molar-refractivity contribution is 0.111. The number of ether oxygens (including phenoxy) is 1. The normalized spacial score (nSPS) is 10.7. The molecule has 0 bridgehead atoms. The van der Waals surface area contributed by atoms with Crippen LogP contribution in [0.2, 0.25) is 0 Å². The Labute approximate surface area is 120 Å². The molecule has 21 heavy (non-hydrogen) atoms. The highest BCUT2D eigenvalue weighted by Crippen LogP contribution is 2.13. The van der Waals surface area contributed by atoms with E-state index in [1.807, 2.05) is 30.3 Å². The molecule has 0 unspecified atom stereocenters. The molecule has 2 heterocycles. The molecule has 0 atom stereocenters. The third kappa shape index (κ3) is 2.31. The molecule has 0 saturated heterocycles. The van der Waals surface area contributed by atoms with Crippen LogP contribution < -0.4 is 10.3 Å². The lowest BCUT2D eigenvalue weighted by Crippen LogP contribution is -2.20. The van der Waals surface area contributed by atoms with Gasteiger partial charge in [0.25, 0.3) is 0 Å². The Kier molecular flexibility index (Phi) is 3.27. The van der Waals surface area contributed by atoms with Gasteiger partial charge in [0.1, 0.15) is 6.61 Å². The second kappa shape index (κ2) is 5.24. The molecule has 1 aromatic carbocycles. The number of fused-ring (bicyclic) bond motifs is 1. The number of benzene rings is 1. The molecule has 0 aliphatic rings. The Bertz CT molecular complexity index is 850. The minimum absolute atomic E-state index is 0.0118. The van der Waals surface area contributed by atoms with Crippen LogP contribution in [-0.2, 0) is 13.7 Å². The molecule has 0 saturated carbocycles. The van der Waals surface area contributed by atoms with Gasteiger partial charge in [-0.05, 0) is 5.56 Å². The minimum atomic E-state index is -0.390. The van der Waals surface area contributed by atoms with Gasteiger partial charge in [-0.1, -0.05) is 30.3 Å². The molecule has 6 nitrogen and oxygen atoms in total. The highest BCUT2D eigenvalue weighted by Gasteiger charge is 2.15. The third-order valence-corrected chi connectivity index (χ3v) is 3.17. The summed E-state index contributed by atoms with van der Waals surface area (Å²) in [5.74, 6) is 0.367. The van der Waals surface area contributed by atoms with Crippen LogP contribution in [0.25, 0.3) is 5.78 Å². The van der Waals surface area contributed by atoms with E-state index in [0.29, 0.717) is 12.1 Å². The first-order chi connectivity index (χ1) is 10.2. The average molecular weight is 283 g/mol. The topological polar surface area (TPSA) is 65.6 Å². The van der Waals surface area contributed by atoms with Crippen molar-refractivity contribution < 1.29 is 9.53 Å². The Morgan fingerprint density at radius 1 is 1.24 bits per heavy atom. The van der Waals surface area contributed by atoms with E-state index in [-0.39, 0.29) is 18.1 Å². The summed E-state index contributed by atoms with van der Waals surface area (Å²) in [5, 5.41) is 0. The van der Waals surface area contributed by atoms with Crippen LogP contribution in [0, 0.1) is 0 Å². The average Bonchev–Trinajstić information content (AvgIpc) is 2.88. The summed E-state index contributed by atoms with van der Waals surface area (Å²) in [4.78, 5) is 27.7. The molecular formula is C15H13N3O3. The number of aryl methyl sites for hydroxylation is 1. The van der Waals surface area contributed by atoms with Gasteiger partial charge in [-0.3, -0.25) is 9.59 Å². The Morgan fingerprint density at radius 2 is 2.00 bits per heavy atom. The van der Waals surface area contributed by atoms with E-state index in [9.17, 15) is 9.59 Å². The van der Waals surface area contributed by atoms with Gasteiger partial charge in [-0.15, -0.1) is 0 Å². The molecule has 2 aromatic heterocycles. The summed E-state index contributed by atoms with van der Waals surface area (Å²) in [7, 11) is 1.75. The summed E-state index contributed by atoms with van der Waals surface area (Å²) in [6.07, 6.45) is 3.82. The van der Waals surface area contributed by atoms with Crippen molar-refractivity contribution in [3.63, 3.8) is 0 Å². The van der Waals surface area contributed by atoms with Crippen molar-refractivity contribution in [1.29, 1.82) is 0 Å². The van der Waals surface area contributed by atoms with Gasteiger partial charge in [-0.2, -0.15) is 0 Å². The molecule has 0 fully saturated rings. The van der Waals surface area contributed by atoms with Crippen molar-refractivity contribution in [1.82, 2.24) is 14.0 Å². The van der Waals surface area contributed by atoms with E-state index in [0.717, 1.165) is 5.56 Å². The molecule has 106 valence electrons. The van der Waals surface area contributed by atoms with Crippen LogP contribution in [0.15, 0.2) is 47.5 Å². The molecular weight excluding hydrogens is 270 g/mol. The second-order valence-electron chi connectivity index (χ2n) is 4.60. The number of nitrogens with zero attached hydrogens (tertiary/aromatic N) is 3. The lowest BCUT2D eigenvalue weighted by Gasteiger charge is -2.08. The van der Waals surface area contributed by atoms with Crippen LogP contribution in [0.5, 0.6) is 5.75 Å². The predicted molar refractivity (Wildman–Crippen MR) is 76.6 cm³/mol. The maximum atomic E-state index is 12.4. The summed E-state index contributed by atoms with van der Waals surface area (Å²) in [6.45, 7) is 0.206. The first-order valence-electron chi connectivity index (χ1n) is 6.40.